The molecule has 5 nitrogen and oxygen atoms in total. The molecule has 1 amide bonds. The van der Waals surface area contributed by atoms with Crippen LogP contribution in [-0.2, 0) is 4.74 Å². The molecular weight excluding hydrogens is 266 g/mol. The Morgan fingerprint density at radius 1 is 1.19 bits per heavy atom. The minimum absolute atomic E-state index is 0.165. The number of likely N-dealkylation sites (tertiary alicyclic amines) is 1. The van der Waals surface area contributed by atoms with Crippen molar-refractivity contribution in [2.45, 2.75) is 58.7 Å². The van der Waals surface area contributed by atoms with E-state index in [1.54, 1.807) is 0 Å². The van der Waals surface area contributed by atoms with Gasteiger partial charge in [-0.25, -0.2) is 4.79 Å². The third-order valence-corrected chi connectivity index (χ3v) is 4.38. The molecule has 5 heteroatoms. The first-order valence-corrected chi connectivity index (χ1v) is 8.21. The minimum Gasteiger partial charge on any atom is -0.444 e. The lowest BCUT2D eigenvalue weighted by atomic mass is 9.91. The number of carbonyl (C=O) groups is 1. The van der Waals surface area contributed by atoms with Gasteiger partial charge in [0, 0.05) is 44.8 Å². The predicted octanol–water partition coefficient (Wildman–Crippen LogP) is 1.93. The van der Waals surface area contributed by atoms with E-state index in [4.69, 9.17) is 4.74 Å². The SMILES string of the molecule is CC1CN(C(=O)OC(C)(C)C)CCC1N1CCN[C@@H](C)C1. The topological polar surface area (TPSA) is 44.8 Å². The summed E-state index contributed by atoms with van der Waals surface area (Å²) in [5.41, 5.74) is -0.412. The highest BCUT2D eigenvalue weighted by Crippen LogP contribution is 2.24. The molecule has 2 rings (SSSR count). The first-order valence-electron chi connectivity index (χ1n) is 8.21. The van der Waals surface area contributed by atoms with Crippen molar-refractivity contribution < 1.29 is 9.53 Å². The van der Waals surface area contributed by atoms with Crippen molar-refractivity contribution in [3.8, 4) is 0 Å². The molecule has 21 heavy (non-hydrogen) atoms. The van der Waals surface area contributed by atoms with Crippen molar-refractivity contribution in [2.24, 2.45) is 5.92 Å². The summed E-state index contributed by atoms with van der Waals surface area (Å²) >= 11 is 0. The van der Waals surface area contributed by atoms with Crippen LogP contribution in [0.1, 0.15) is 41.0 Å². The molecule has 0 aromatic carbocycles. The quantitative estimate of drug-likeness (QED) is 0.803. The molecular formula is C16H31N3O2. The Kier molecular flexibility index (Phi) is 5.15. The van der Waals surface area contributed by atoms with Crippen LogP contribution in [0.4, 0.5) is 4.79 Å². The van der Waals surface area contributed by atoms with Crippen LogP contribution in [0, 0.1) is 5.92 Å². The lowest BCUT2D eigenvalue weighted by Gasteiger charge is -2.45. The van der Waals surface area contributed by atoms with Gasteiger partial charge in [-0.1, -0.05) is 6.92 Å². The normalized spacial score (nSPS) is 32.0. The van der Waals surface area contributed by atoms with Gasteiger partial charge < -0.3 is 15.0 Å². The summed E-state index contributed by atoms with van der Waals surface area (Å²) in [6.45, 7) is 15.2. The largest absolute Gasteiger partial charge is 0.444 e. The summed E-state index contributed by atoms with van der Waals surface area (Å²) in [6.07, 6.45) is 0.883. The van der Waals surface area contributed by atoms with E-state index in [-0.39, 0.29) is 6.09 Å². The number of piperazine rings is 1. The zero-order valence-electron chi connectivity index (χ0n) is 14.2. The Balaban J connectivity index is 1.88. The molecule has 0 spiro atoms. The molecule has 2 unspecified atom stereocenters. The van der Waals surface area contributed by atoms with Gasteiger partial charge in [-0.15, -0.1) is 0 Å². The third-order valence-electron chi connectivity index (χ3n) is 4.38. The van der Waals surface area contributed by atoms with Gasteiger partial charge >= 0.3 is 6.09 Å². The molecule has 0 aromatic rings. The molecule has 2 fully saturated rings. The molecule has 0 aliphatic carbocycles. The smallest absolute Gasteiger partial charge is 0.410 e. The van der Waals surface area contributed by atoms with Crippen molar-refractivity contribution >= 4 is 6.09 Å². The van der Waals surface area contributed by atoms with Gasteiger partial charge in [-0.3, -0.25) is 4.90 Å². The summed E-state index contributed by atoms with van der Waals surface area (Å²) in [6, 6.07) is 1.16. The maximum Gasteiger partial charge on any atom is 0.410 e. The highest BCUT2D eigenvalue weighted by atomic mass is 16.6. The zero-order chi connectivity index (χ0) is 15.6. The maximum absolute atomic E-state index is 12.2. The number of piperidine rings is 1. The Hall–Kier alpha value is -0.810. The van der Waals surface area contributed by atoms with Crippen LogP contribution in [0.5, 0.6) is 0 Å². The van der Waals surface area contributed by atoms with E-state index in [0.29, 0.717) is 18.0 Å². The van der Waals surface area contributed by atoms with Crippen LogP contribution in [0.3, 0.4) is 0 Å². The molecule has 2 aliphatic heterocycles. The fourth-order valence-corrected chi connectivity index (χ4v) is 3.43. The number of nitrogens with zero attached hydrogens (tertiary/aromatic N) is 2. The van der Waals surface area contributed by atoms with Gasteiger partial charge in [0.25, 0.3) is 0 Å². The molecule has 0 saturated carbocycles. The summed E-state index contributed by atoms with van der Waals surface area (Å²) in [7, 11) is 0. The standard InChI is InChI=1S/C16H31N3O2/c1-12-10-19(15(20)21-16(3,4)5)8-6-14(12)18-9-7-17-13(2)11-18/h12-14,17H,6-11H2,1-5H3/t12?,13-,14?/m0/s1. The summed E-state index contributed by atoms with van der Waals surface area (Å²) in [5.74, 6) is 0.497. The number of hydrogen-bond acceptors (Lipinski definition) is 4. The van der Waals surface area contributed by atoms with E-state index >= 15 is 0 Å². The van der Waals surface area contributed by atoms with Crippen LogP contribution in [0.2, 0.25) is 0 Å². The maximum atomic E-state index is 12.2. The van der Waals surface area contributed by atoms with E-state index < -0.39 is 5.60 Å². The minimum atomic E-state index is -0.412. The van der Waals surface area contributed by atoms with Gasteiger partial charge in [-0.05, 0) is 40.0 Å². The molecule has 0 radical (unpaired) electrons. The Labute approximate surface area is 129 Å². The highest BCUT2D eigenvalue weighted by Gasteiger charge is 2.35. The summed E-state index contributed by atoms with van der Waals surface area (Å²) < 4.78 is 5.49. The van der Waals surface area contributed by atoms with Gasteiger partial charge in [-0.2, -0.15) is 0 Å². The second kappa shape index (κ2) is 6.53. The highest BCUT2D eigenvalue weighted by molar-refractivity contribution is 5.68. The molecule has 2 aliphatic rings. The van der Waals surface area contributed by atoms with Crippen LogP contribution in [-0.4, -0.2) is 66.3 Å². The van der Waals surface area contributed by atoms with Crippen LogP contribution in [0.15, 0.2) is 0 Å². The van der Waals surface area contributed by atoms with Crippen molar-refractivity contribution in [1.82, 2.24) is 15.1 Å². The second-order valence-corrected chi connectivity index (χ2v) is 7.61. The van der Waals surface area contributed by atoms with Crippen molar-refractivity contribution in [2.75, 3.05) is 32.7 Å². The van der Waals surface area contributed by atoms with E-state index in [9.17, 15) is 4.79 Å². The molecule has 0 aromatic heterocycles. The van der Waals surface area contributed by atoms with Crippen molar-refractivity contribution in [3.05, 3.63) is 0 Å². The molecule has 3 atom stereocenters. The fraction of sp³-hybridized carbons (Fsp3) is 0.938. The van der Waals surface area contributed by atoms with Gasteiger partial charge in [0.1, 0.15) is 5.60 Å². The molecule has 2 heterocycles. The summed E-state index contributed by atoms with van der Waals surface area (Å²) in [5, 5.41) is 3.49. The van der Waals surface area contributed by atoms with Gasteiger partial charge in [0.2, 0.25) is 0 Å². The first-order chi connectivity index (χ1) is 9.76. The zero-order valence-corrected chi connectivity index (χ0v) is 14.2. The van der Waals surface area contributed by atoms with Crippen molar-refractivity contribution in [1.29, 1.82) is 0 Å². The molecule has 1 N–H and O–H groups in total. The number of amides is 1. The molecule has 2 saturated heterocycles. The molecule has 0 bridgehead atoms. The number of nitrogens with one attached hydrogen (secondary N) is 1. The number of ether oxygens (including phenoxy) is 1. The van der Waals surface area contributed by atoms with E-state index in [1.807, 2.05) is 25.7 Å². The lowest BCUT2D eigenvalue weighted by Crippen LogP contribution is -2.58. The number of hydrogen-bond donors (Lipinski definition) is 1. The average Bonchev–Trinajstić information content (AvgIpc) is 2.36. The lowest BCUT2D eigenvalue weighted by molar-refractivity contribution is 0.000750. The Morgan fingerprint density at radius 3 is 2.48 bits per heavy atom. The Bertz CT molecular complexity index is 367. The van der Waals surface area contributed by atoms with E-state index in [2.05, 4.69) is 24.1 Å². The average molecular weight is 297 g/mol. The van der Waals surface area contributed by atoms with Crippen LogP contribution < -0.4 is 5.32 Å². The predicted molar refractivity (Wildman–Crippen MR) is 84.4 cm³/mol. The van der Waals surface area contributed by atoms with Crippen molar-refractivity contribution in [3.63, 3.8) is 0 Å². The fourth-order valence-electron chi connectivity index (χ4n) is 3.43. The van der Waals surface area contributed by atoms with Crippen LogP contribution in [0.25, 0.3) is 0 Å². The van der Waals surface area contributed by atoms with Gasteiger partial charge in [0.05, 0.1) is 0 Å². The monoisotopic (exact) mass is 297 g/mol. The van der Waals surface area contributed by atoms with Gasteiger partial charge in [0.15, 0.2) is 0 Å². The van der Waals surface area contributed by atoms with E-state index in [0.717, 1.165) is 39.1 Å². The summed E-state index contributed by atoms with van der Waals surface area (Å²) in [4.78, 5) is 16.6. The third kappa shape index (κ3) is 4.58. The number of carbonyl (C=O) groups excluding carboxylic acids is 1. The Morgan fingerprint density at radius 2 is 1.90 bits per heavy atom. The first kappa shape index (κ1) is 16.6. The number of rotatable bonds is 1. The second-order valence-electron chi connectivity index (χ2n) is 7.61. The van der Waals surface area contributed by atoms with Crippen LogP contribution >= 0.6 is 0 Å². The van der Waals surface area contributed by atoms with E-state index in [1.165, 1.54) is 0 Å². The molecule has 122 valence electrons.